The number of hydrogen-bond donors (Lipinski definition) is 1. The van der Waals surface area contributed by atoms with Crippen LogP contribution in [0.1, 0.15) is 37.2 Å². The van der Waals surface area contributed by atoms with E-state index in [4.69, 9.17) is 5.11 Å². The predicted octanol–water partition coefficient (Wildman–Crippen LogP) is 3.91. The number of hydrogen-bond acceptors (Lipinski definition) is 1. The molecule has 1 nitrogen and oxygen atoms in total. The van der Waals surface area contributed by atoms with Gasteiger partial charge < -0.3 is 5.11 Å². The van der Waals surface area contributed by atoms with Gasteiger partial charge in [0.25, 0.3) is 0 Å². The Balaban J connectivity index is 0.00000162. The fourth-order valence-corrected chi connectivity index (χ4v) is 2.47. The van der Waals surface area contributed by atoms with Gasteiger partial charge in [-0.1, -0.05) is 0 Å². The molecule has 0 heterocycles. The van der Waals surface area contributed by atoms with Crippen LogP contribution in [-0.2, 0) is 32.7 Å². The average molecular weight is 333 g/mol. The summed E-state index contributed by atoms with van der Waals surface area (Å²) in [6.07, 6.45) is 3.01. The first kappa shape index (κ1) is 16.0. The topological polar surface area (TPSA) is 20.2 Å². The zero-order valence-electron chi connectivity index (χ0n) is 10.0. The van der Waals surface area contributed by atoms with Gasteiger partial charge in [0.2, 0.25) is 0 Å². The molecule has 0 amide bonds. The minimum absolute atomic E-state index is 0. The summed E-state index contributed by atoms with van der Waals surface area (Å²) in [5.41, 5.74) is 0.565. The maximum absolute atomic E-state index is 13.2. The van der Waals surface area contributed by atoms with Crippen molar-refractivity contribution in [2.24, 2.45) is 5.92 Å². The van der Waals surface area contributed by atoms with E-state index < -0.39 is 17.4 Å². The van der Waals surface area contributed by atoms with E-state index in [-0.39, 0.29) is 51.2 Å². The second-order valence-corrected chi connectivity index (χ2v) is 4.71. The molecule has 0 atom stereocenters. The van der Waals surface area contributed by atoms with E-state index in [1.54, 1.807) is 0 Å². The molecule has 0 saturated heterocycles. The number of halogens is 3. The van der Waals surface area contributed by atoms with Gasteiger partial charge in [0.1, 0.15) is 0 Å². The van der Waals surface area contributed by atoms with Crippen molar-refractivity contribution in [2.75, 3.05) is 6.67 Å². The second-order valence-electron chi connectivity index (χ2n) is 4.71. The molecular formula is C13H15F3OY. The Bertz CT molecular complexity index is 380. The molecule has 0 unspecified atom stereocenters. The smallest absolute Gasteiger partial charge is 0.187 e. The predicted molar refractivity (Wildman–Crippen MR) is 58.7 cm³/mol. The molecule has 18 heavy (non-hydrogen) atoms. The van der Waals surface area contributed by atoms with Gasteiger partial charge >= 0.3 is 0 Å². The molecule has 5 heteroatoms. The van der Waals surface area contributed by atoms with Crippen LogP contribution in [0.15, 0.2) is 12.1 Å². The average Bonchev–Trinajstić information content (AvgIpc) is 2.35. The third kappa shape index (κ3) is 3.48. The molecule has 0 spiro atoms. The van der Waals surface area contributed by atoms with E-state index in [1.165, 1.54) is 12.1 Å². The molecule has 1 saturated carbocycles. The first-order valence-corrected chi connectivity index (χ1v) is 5.85. The third-order valence-corrected chi connectivity index (χ3v) is 3.58. The molecule has 0 aliphatic heterocycles. The quantitative estimate of drug-likeness (QED) is 0.870. The number of aromatic hydroxyl groups is 1. The summed E-state index contributed by atoms with van der Waals surface area (Å²) < 4.78 is 38.8. The molecule has 1 aromatic rings. The van der Waals surface area contributed by atoms with Gasteiger partial charge in [-0.15, -0.1) is 0 Å². The Morgan fingerprint density at radius 1 is 1.06 bits per heavy atom. The standard InChI is InChI=1S/C13H15F3O.Y/c14-7-8-1-3-9(4-2-8)10-5-11(15)13(17)12(16)6-10;/h5-6,8-9,17H,1-4,7H2;. The third-order valence-electron chi connectivity index (χ3n) is 3.58. The van der Waals surface area contributed by atoms with Crippen LogP contribution in [-0.4, -0.2) is 11.8 Å². The first-order valence-electron chi connectivity index (χ1n) is 5.85. The van der Waals surface area contributed by atoms with Crippen LogP contribution in [0.4, 0.5) is 13.2 Å². The molecule has 2 rings (SSSR count). The number of phenols is 1. The summed E-state index contributed by atoms with van der Waals surface area (Å²) in [4.78, 5) is 0. The van der Waals surface area contributed by atoms with E-state index in [0.717, 1.165) is 25.7 Å². The van der Waals surface area contributed by atoms with Gasteiger partial charge in [-0.2, -0.15) is 0 Å². The Morgan fingerprint density at radius 3 is 2.00 bits per heavy atom. The van der Waals surface area contributed by atoms with Gasteiger partial charge in [0, 0.05) is 32.7 Å². The van der Waals surface area contributed by atoms with Crippen LogP contribution in [0.25, 0.3) is 0 Å². The maximum Gasteiger partial charge on any atom is 0.187 e. The first-order chi connectivity index (χ1) is 8.11. The summed E-state index contributed by atoms with van der Waals surface area (Å²) in [5, 5.41) is 9.01. The van der Waals surface area contributed by atoms with Crippen molar-refractivity contribution in [3.8, 4) is 5.75 Å². The normalized spacial score (nSPS) is 23.5. The molecule has 1 radical (unpaired) electrons. The SMILES string of the molecule is Oc1c(F)cc(C2CCC(CF)CC2)cc1F.[Y]. The molecule has 1 N–H and O–H groups in total. The van der Waals surface area contributed by atoms with E-state index >= 15 is 0 Å². The van der Waals surface area contributed by atoms with Crippen molar-refractivity contribution in [2.45, 2.75) is 31.6 Å². The molecule has 1 fully saturated rings. The van der Waals surface area contributed by atoms with Crippen LogP contribution in [0.2, 0.25) is 0 Å². The van der Waals surface area contributed by atoms with E-state index in [9.17, 15) is 13.2 Å². The van der Waals surface area contributed by atoms with Gasteiger partial charge in [-0.05, 0) is 55.2 Å². The maximum atomic E-state index is 13.2. The number of rotatable bonds is 2. The van der Waals surface area contributed by atoms with E-state index in [0.29, 0.717) is 5.56 Å². The Labute approximate surface area is 130 Å². The van der Waals surface area contributed by atoms with Gasteiger partial charge in [-0.3, -0.25) is 4.39 Å². The Morgan fingerprint density at radius 2 is 1.56 bits per heavy atom. The number of benzene rings is 1. The molecule has 0 bridgehead atoms. The fourth-order valence-electron chi connectivity index (χ4n) is 2.47. The van der Waals surface area contributed by atoms with Gasteiger partial charge in [0.15, 0.2) is 17.4 Å². The van der Waals surface area contributed by atoms with Crippen molar-refractivity contribution >= 4 is 0 Å². The van der Waals surface area contributed by atoms with Crippen molar-refractivity contribution in [3.63, 3.8) is 0 Å². The fraction of sp³-hybridized carbons (Fsp3) is 0.538. The van der Waals surface area contributed by atoms with E-state index in [2.05, 4.69) is 0 Å². The second kappa shape index (κ2) is 6.90. The number of alkyl halides is 1. The zero-order chi connectivity index (χ0) is 12.4. The van der Waals surface area contributed by atoms with Crippen LogP contribution < -0.4 is 0 Å². The largest absolute Gasteiger partial charge is 0.503 e. The molecule has 0 aromatic heterocycles. The van der Waals surface area contributed by atoms with Gasteiger partial charge in [-0.25, -0.2) is 8.78 Å². The molecular weight excluding hydrogens is 318 g/mol. The monoisotopic (exact) mass is 333 g/mol. The summed E-state index contributed by atoms with van der Waals surface area (Å²) in [6, 6.07) is 2.36. The van der Waals surface area contributed by atoms with Crippen LogP contribution in [0.3, 0.4) is 0 Å². The minimum Gasteiger partial charge on any atom is -0.503 e. The van der Waals surface area contributed by atoms with Crippen molar-refractivity contribution in [1.82, 2.24) is 0 Å². The van der Waals surface area contributed by atoms with Crippen LogP contribution >= 0.6 is 0 Å². The summed E-state index contributed by atoms with van der Waals surface area (Å²) >= 11 is 0. The van der Waals surface area contributed by atoms with E-state index in [1.807, 2.05) is 0 Å². The van der Waals surface area contributed by atoms with Crippen LogP contribution in [0, 0.1) is 17.6 Å². The molecule has 1 aliphatic rings. The molecule has 97 valence electrons. The van der Waals surface area contributed by atoms with Gasteiger partial charge in [0.05, 0.1) is 6.67 Å². The Hall–Kier alpha value is -0.0861. The zero-order valence-corrected chi connectivity index (χ0v) is 12.8. The molecule has 1 aromatic carbocycles. The summed E-state index contributed by atoms with van der Waals surface area (Å²) in [6.45, 7) is -0.314. The minimum atomic E-state index is -0.925. The van der Waals surface area contributed by atoms with Crippen molar-refractivity contribution in [1.29, 1.82) is 0 Å². The Kier molecular flexibility index (Phi) is 6.12. The number of phenolic OH excluding ortho intramolecular Hbond substituents is 1. The van der Waals surface area contributed by atoms with Crippen molar-refractivity contribution < 1.29 is 51.0 Å². The van der Waals surface area contributed by atoms with Crippen molar-refractivity contribution in [3.05, 3.63) is 29.3 Å². The van der Waals surface area contributed by atoms with Crippen LogP contribution in [0.5, 0.6) is 5.75 Å². The summed E-state index contributed by atoms with van der Waals surface area (Å²) in [7, 11) is 0. The molecule has 1 aliphatic carbocycles. The summed E-state index contributed by atoms with van der Waals surface area (Å²) in [5.74, 6) is -2.60.